The predicted octanol–water partition coefficient (Wildman–Crippen LogP) is 5.39. The summed E-state index contributed by atoms with van der Waals surface area (Å²) in [5.74, 6) is 0.412. The topological polar surface area (TPSA) is 35.5 Å². The Morgan fingerprint density at radius 3 is 2.14 bits per heavy atom. The molecule has 0 aromatic carbocycles. The monoisotopic (exact) mass is 298 g/mol. The smallest absolute Gasteiger partial charge is 0.189 e. The Bertz CT molecular complexity index is 249. The third-order valence-electron chi connectivity index (χ3n) is 3.47. The van der Waals surface area contributed by atoms with Crippen LogP contribution in [0.25, 0.3) is 0 Å². The first-order valence-electron chi connectivity index (χ1n) is 8.71. The van der Waals surface area contributed by atoms with Crippen molar-refractivity contribution in [1.82, 2.24) is 0 Å². The number of rotatable bonds is 16. The van der Waals surface area contributed by atoms with Gasteiger partial charge in [-0.25, -0.2) is 0 Å². The highest BCUT2D eigenvalue weighted by molar-refractivity contribution is 5.69. The summed E-state index contributed by atoms with van der Waals surface area (Å²) < 4.78 is 10.7. The van der Waals surface area contributed by atoms with Gasteiger partial charge in [0.25, 0.3) is 0 Å². The molecule has 21 heavy (non-hydrogen) atoms. The largest absolute Gasteiger partial charge is 0.464 e. The van der Waals surface area contributed by atoms with Gasteiger partial charge in [-0.15, -0.1) is 0 Å². The Labute approximate surface area is 131 Å². The van der Waals surface area contributed by atoms with Gasteiger partial charge in [-0.05, 0) is 25.3 Å². The van der Waals surface area contributed by atoms with Gasteiger partial charge in [0.1, 0.15) is 0 Å². The van der Waals surface area contributed by atoms with E-state index in [9.17, 15) is 4.79 Å². The van der Waals surface area contributed by atoms with Crippen molar-refractivity contribution in [2.75, 3.05) is 13.4 Å². The lowest BCUT2D eigenvalue weighted by Gasteiger charge is -2.07. The molecule has 0 aromatic rings. The first kappa shape index (κ1) is 20.2. The molecule has 0 saturated carbocycles. The van der Waals surface area contributed by atoms with Crippen LogP contribution in [0, 0.1) is 0 Å². The van der Waals surface area contributed by atoms with E-state index in [2.05, 4.69) is 13.8 Å². The Morgan fingerprint density at radius 1 is 0.857 bits per heavy atom. The fraction of sp³-hybridized carbons (Fsp3) is 0.833. The molecule has 0 spiro atoms. The average Bonchev–Trinajstić information content (AvgIpc) is 2.51. The van der Waals surface area contributed by atoms with Gasteiger partial charge < -0.3 is 9.47 Å². The predicted molar refractivity (Wildman–Crippen MR) is 88.2 cm³/mol. The molecule has 0 aromatic heterocycles. The van der Waals surface area contributed by atoms with Crippen LogP contribution in [-0.2, 0) is 14.3 Å². The number of allylic oxidation sites excluding steroid dienone is 2. The highest BCUT2D eigenvalue weighted by atomic mass is 16.7. The van der Waals surface area contributed by atoms with E-state index in [1.165, 1.54) is 51.4 Å². The number of carbonyl (C=O) groups excluding carboxylic acids is 1. The molecule has 0 atom stereocenters. The maximum atomic E-state index is 10.8. The van der Waals surface area contributed by atoms with Crippen LogP contribution in [0.15, 0.2) is 11.8 Å². The van der Waals surface area contributed by atoms with Crippen molar-refractivity contribution in [1.29, 1.82) is 0 Å². The summed E-state index contributed by atoms with van der Waals surface area (Å²) in [6.45, 7) is 5.32. The maximum absolute atomic E-state index is 10.8. The summed E-state index contributed by atoms with van der Waals surface area (Å²) in [5, 5.41) is 0. The van der Waals surface area contributed by atoms with E-state index in [1.54, 1.807) is 0 Å². The summed E-state index contributed by atoms with van der Waals surface area (Å²) in [6, 6.07) is 0. The highest BCUT2D eigenvalue weighted by Gasteiger charge is 1.97. The zero-order valence-electron chi connectivity index (χ0n) is 14.1. The third kappa shape index (κ3) is 15.4. The molecule has 0 unspecified atom stereocenters. The highest BCUT2D eigenvalue weighted by Crippen LogP contribution is 2.07. The van der Waals surface area contributed by atoms with E-state index in [4.69, 9.17) is 9.47 Å². The van der Waals surface area contributed by atoms with Gasteiger partial charge in [-0.1, -0.05) is 65.2 Å². The molecule has 0 rings (SSSR count). The Morgan fingerprint density at radius 2 is 1.48 bits per heavy atom. The van der Waals surface area contributed by atoms with E-state index in [1.807, 2.05) is 6.08 Å². The molecule has 3 nitrogen and oxygen atoms in total. The molecule has 0 aliphatic heterocycles. The summed E-state index contributed by atoms with van der Waals surface area (Å²) in [5.41, 5.74) is 0. The molecular formula is C18H34O3. The minimum Gasteiger partial charge on any atom is -0.464 e. The number of aldehydes is 1. The summed E-state index contributed by atoms with van der Waals surface area (Å²) >= 11 is 0. The quantitative estimate of drug-likeness (QED) is 0.126. The van der Waals surface area contributed by atoms with Gasteiger partial charge in [0.2, 0.25) is 0 Å². The van der Waals surface area contributed by atoms with Crippen LogP contribution in [0.4, 0.5) is 0 Å². The molecule has 0 heterocycles. The van der Waals surface area contributed by atoms with E-state index in [-0.39, 0.29) is 6.79 Å². The van der Waals surface area contributed by atoms with Gasteiger partial charge in [0.15, 0.2) is 18.8 Å². The fourth-order valence-electron chi connectivity index (χ4n) is 2.11. The lowest BCUT2D eigenvalue weighted by atomic mass is 10.1. The van der Waals surface area contributed by atoms with Crippen molar-refractivity contribution < 1.29 is 14.3 Å². The van der Waals surface area contributed by atoms with Crippen molar-refractivity contribution in [3.05, 3.63) is 11.8 Å². The number of carbonyl (C=O) groups is 1. The molecule has 0 amide bonds. The van der Waals surface area contributed by atoms with Gasteiger partial charge in [0, 0.05) is 0 Å². The Kier molecular flexibility index (Phi) is 16.5. The molecule has 0 bridgehead atoms. The average molecular weight is 298 g/mol. The molecule has 0 aliphatic carbocycles. The Balaban J connectivity index is 3.41. The lowest BCUT2D eigenvalue weighted by Crippen LogP contribution is -2.02. The van der Waals surface area contributed by atoms with Crippen molar-refractivity contribution >= 4 is 6.29 Å². The number of hydrogen-bond acceptors (Lipinski definition) is 3. The maximum Gasteiger partial charge on any atom is 0.189 e. The number of hydrogen-bond donors (Lipinski definition) is 0. The van der Waals surface area contributed by atoms with E-state index >= 15 is 0 Å². The Hall–Kier alpha value is -0.830. The van der Waals surface area contributed by atoms with Crippen molar-refractivity contribution in [3.63, 3.8) is 0 Å². The van der Waals surface area contributed by atoms with E-state index in [0.29, 0.717) is 5.76 Å². The zero-order valence-corrected chi connectivity index (χ0v) is 14.1. The normalized spacial score (nSPS) is 11.6. The molecule has 0 fully saturated rings. The minimum atomic E-state index is 0.189. The second-order valence-electron chi connectivity index (χ2n) is 5.51. The molecular weight excluding hydrogens is 264 g/mol. The summed E-state index contributed by atoms with van der Waals surface area (Å²) in [4.78, 5) is 10.8. The van der Waals surface area contributed by atoms with Crippen LogP contribution in [0.5, 0.6) is 0 Å². The first-order valence-corrected chi connectivity index (χ1v) is 8.71. The summed E-state index contributed by atoms with van der Waals surface area (Å²) in [6.07, 6.45) is 15.9. The second kappa shape index (κ2) is 17.2. The van der Waals surface area contributed by atoms with Crippen LogP contribution in [-0.4, -0.2) is 19.7 Å². The zero-order chi connectivity index (χ0) is 15.6. The summed E-state index contributed by atoms with van der Waals surface area (Å²) in [7, 11) is 0. The van der Waals surface area contributed by atoms with Crippen LogP contribution >= 0.6 is 0 Å². The van der Waals surface area contributed by atoms with Crippen molar-refractivity contribution in [2.45, 2.75) is 84.5 Å². The number of unbranched alkanes of at least 4 members (excludes halogenated alkanes) is 9. The SMILES string of the molecule is CCCCCCC=C(C=O)OCOCCCCCCCC. The standard InChI is InChI=1S/C18H34O3/c1-3-5-7-9-11-13-15-20-17-21-18(16-19)14-12-10-8-6-4-2/h14,16H,3-13,15,17H2,1-2H3. The molecule has 0 aliphatic rings. The number of ether oxygens (including phenoxy) is 2. The van der Waals surface area contributed by atoms with Crippen LogP contribution in [0.1, 0.15) is 84.5 Å². The van der Waals surface area contributed by atoms with Crippen LogP contribution in [0.3, 0.4) is 0 Å². The lowest BCUT2D eigenvalue weighted by molar-refractivity contribution is -0.111. The second-order valence-corrected chi connectivity index (χ2v) is 5.51. The molecule has 0 radical (unpaired) electrons. The first-order chi connectivity index (χ1) is 10.3. The fourth-order valence-corrected chi connectivity index (χ4v) is 2.11. The van der Waals surface area contributed by atoms with Gasteiger partial charge >= 0.3 is 0 Å². The third-order valence-corrected chi connectivity index (χ3v) is 3.47. The van der Waals surface area contributed by atoms with E-state index in [0.717, 1.165) is 32.2 Å². The molecule has 0 saturated heterocycles. The van der Waals surface area contributed by atoms with Crippen molar-refractivity contribution in [3.8, 4) is 0 Å². The van der Waals surface area contributed by atoms with Gasteiger partial charge in [0.05, 0.1) is 6.61 Å². The minimum absolute atomic E-state index is 0.189. The van der Waals surface area contributed by atoms with Gasteiger partial charge in [-0.3, -0.25) is 4.79 Å². The molecule has 124 valence electrons. The molecule has 3 heteroatoms. The van der Waals surface area contributed by atoms with Crippen LogP contribution < -0.4 is 0 Å². The van der Waals surface area contributed by atoms with E-state index < -0.39 is 0 Å². The van der Waals surface area contributed by atoms with Gasteiger partial charge in [-0.2, -0.15) is 0 Å². The molecule has 0 N–H and O–H groups in total. The van der Waals surface area contributed by atoms with Crippen LogP contribution in [0.2, 0.25) is 0 Å². The van der Waals surface area contributed by atoms with Crippen molar-refractivity contribution in [2.24, 2.45) is 0 Å².